The molecule has 30 heavy (non-hydrogen) atoms. The van der Waals surface area contributed by atoms with Crippen LogP contribution in [0.2, 0.25) is 0 Å². The first-order valence-corrected chi connectivity index (χ1v) is 10.4. The van der Waals surface area contributed by atoms with Crippen molar-refractivity contribution in [1.82, 2.24) is 9.88 Å². The fourth-order valence-corrected chi connectivity index (χ4v) is 4.72. The Bertz CT molecular complexity index is 1170. The Balaban J connectivity index is 1.60. The Kier molecular flexibility index (Phi) is 5.22. The van der Waals surface area contributed by atoms with E-state index in [0.717, 1.165) is 25.7 Å². The molecule has 7 heteroatoms. The SMILES string of the molecule is C=CCN(C(C)=O)C1CC(=O)N(c2ccc(-c3nc4ccc(C)cc4s3)cc2)C1=O. The summed E-state index contributed by atoms with van der Waals surface area (Å²) in [5.74, 6) is -0.965. The van der Waals surface area contributed by atoms with Crippen molar-refractivity contribution in [2.45, 2.75) is 26.3 Å². The van der Waals surface area contributed by atoms with Crippen LogP contribution in [0.15, 0.2) is 55.1 Å². The summed E-state index contributed by atoms with van der Waals surface area (Å²) in [5, 5.41) is 0.882. The molecule has 2 aromatic carbocycles. The highest BCUT2D eigenvalue weighted by Gasteiger charge is 2.43. The summed E-state index contributed by atoms with van der Waals surface area (Å²) in [5.41, 5.74) is 3.55. The fraction of sp³-hybridized carbons (Fsp3) is 0.217. The summed E-state index contributed by atoms with van der Waals surface area (Å²) in [6.45, 7) is 7.29. The van der Waals surface area contributed by atoms with Crippen LogP contribution in [0.25, 0.3) is 20.8 Å². The van der Waals surface area contributed by atoms with Crippen molar-refractivity contribution in [3.63, 3.8) is 0 Å². The van der Waals surface area contributed by atoms with Crippen molar-refractivity contribution in [3.8, 4) is 10.6 Å². The van der Waals surface area contributed by atoms with Crippen molar-refractivity contribution in [2.24, 2.45) is 0 Å². The molecule has 2 heterocycles. The quantitative estimate of drug-likeness (QED) is 0.464. The van der Waals surface area contributed by atoms with Crippen LogP contribution in [0.3, 0.4) is 0 Å². The highest BCUT2D eigenvalue weighted by atomic mass is 32.1. The predicted octanol–water partition coefficient (Wildman–Crippen LogP) is 3.94. The minimum atomic E-state index is -0.792. The molecule has 0 aliphatic carbocycles. The molecule has 1 unspecified atom stereocenters. The third-order valence-electron chi connectivity index (χ3n) is 5.15. The van der Waals surface area contributed by atoms with Crippen LogP contribution < -0.4 is 4.90 Å². The van der Waals surface area contributed by atoms with Gasteiger partial charge in [-0.1, -0.05) is 12.1 Å². The molecule has 3 aromatic rings. The maximum absolute atomic E-state index is 12.9. The standard InChI is InChI=1S/C23H21N3O3S/c1-4-11-25(15(3)27)19-13-21(28)26(23(19)29)17-8-6-16(7-9-17)22-24-18-10-5-14(2)12-20(18)30-22/h4-10,12,19H,1,11,13H2,2-3H3. The lowest BCUT2D eigenvalue weighted by Gasteiger charge is -2.25. The van der Waals surface area contributed by atoms with Gasteiger partial charge in [-0.3, -0.25) is 14.4 Å². The first kappa shape index (κ1) is 20.0. The van der Waals surface area contributed by atoms with E-state index in [0.29, 0.717) is 5.69 Å². The third-order valence-corrected chi connectivity index (χ3v) is 6.21. The van der Waals surface area contributed by atoms with E-state index in [4.69, 9.17) is 0 Å². The molecule has 3 amide bonds. The summed E-state index contributed by atoms with van der Waals surface area (Å²) in [4.78, 5) is 44.6. The van der Waals surface area contributed by atoms with Gasteiger partial charge in [-0.05, 0) is 48.9 Å². The Hall–Kier alpha value is -3.32. The maximum Gasteiger partial charge on any atom is 0.257 e. The van der Waals surface area contributed by atoms with Crippen molar-refractivity contribution in [3.05, 3.63) is 60.7 Å². The highest BCUT2D eigenvalue weighted by Crippen LogP contribution is 2.33. The minimum absolute atomic E-state index is 0.0226. The van der Waals surface area contributed by atoms with E-state index in [1.165, 1.54) is 17.4 Å². The van der Waals surface area contributed by atoms with Gasteiger partial charge in [0.1, 0.15) is 11.0 Å². The molecule has 0 bridgehead atoms. The zero-order valence-electron chi connectivity index (χ0n) is 16.8. The van der Waals surface area contributed by atoms with Crippen LogP contribution in [0.5, 0.6) is 0 Å². The van der Waals surface area contributed by atoms with E-state index in [9.17, 15) is 14.4 Å². The Morgan fingerprint density at radius 1 is 1.27 bits per heavy atom. The van der Waals surface area contributed by atoms with Gasteiger partial charge in [-0.2, -0.15) is 0 Å². The maximum atomic E-state index is 12.9. The van der Waals surface area contributed by atoms with Gasteiger partial charge >= 0.3 is 0 Å². The van der Waals surface area contributed by atoms with Gasteiger partial charge in [0.05, 0.1) is 22.3 Å². The topological polar surface area (TPSA) is 70.6 Å². The van der Waals surface area contributed by atoms with Crippen molar-refractivity contribution < 1.29 is 14.4 Å². The van der Waals surface area contributed by atoms with Crippen LogP contribution in [0, 0.1) is 6.92 Å². The zero-order valence-corrected chi connectivity index (χ0v) is 17.6. The van der Waals surface area contributed by atoms with Gasteiger partial charge in [0.25, 0.3) is 5.91 Å². The van der Waals surface area contributed by atoms with E-state index in [1.807, 2.05) is 31.2 Å². The molecule has 1 atom stereocenters. The molecular weight excluding hydrogens is 398 g/mol. The van der Waals surface area contributed by atoms with Gasteiger partial charge < -0.3 is 4.90 Å². The summed E-state index contributed by atoms with van der Waals surface area (Å²) >= 11 is 1.60. The second-order valence-corrected chi connectivity index (χ2v) is 8.32. The summed E-state index contributed by atoms with van der Waals surface area (Å²) < 4.78 is 1.12. The number of aromatic nitrogens is 1. The van der Waals surface area contributed by atoms with E-state index in [-0.39, 0.29) is 30.7 Å². The number of aryl methyl sites for hydroxylation is 1. The van der Waals surface area contributed by atoms with E-state index in [1.54, 1.807) is 29.5 Å². The van der Waals surface area contributed by atoms with Crippen LogP contribution >= 0.6 is 11.3 Å². The molecule has 1 saturated heterocycles. The van der Waals surface area contributed by atoms with Gasteiger partial charge in [0.15, 0.2) is 0 Å². The number of imide groups is 1. The Morgan fingerprint density at radius 3 is 2.67 bits per heavy atom. The summed E-state index contributed by atoms with van der Waals surface area (Å²) in [7, 11) is 0. The molecule has 0 N–H and O–H groups in total. The van der Waals surface area contributed by atoms with Gasteiger partial charge in [-0.15, -0.1) is 17.9 Å². The number of thiazole rings is 1. The van der Waals surface area contributed by atoms with Gasteiger partial charge in [-0.25, -0.2) is 9.88 Å². The molecule has 6 nitrogen and oxygen atoms in total. The number of hydrogen-bond acceptors (Lipinski definition) is 5. The van der Waals surface area contributed by atoms with E-state index < -0.39 is 6.04 Å². The lowest BCUT2D eigenvalue weighted by molar-refractivity contribution is -0.135. The monoisotopic (exact) mass is 419 g/mol. The normalized spacial score (nSPS) is 16.3. The number of rotatable bonds is 5. The average Bonchev–Trinajstić information content (AvgIpc) is 3.26. The molecule has 4 rings (SSSR count). The lowest BCUT2D eigenvalue weighted by atomic mass is 10.2. The summed E-state index contributed by atoms with van der Waals surface area (Å²) in [6, 6.07) is 12.6. The van der Waals surface area contributed by atoms with Gasteiger partial charge in [0, 0.05) is 19.0 Å². The third kappa shape index (κ3) is 3.52. The average molecular weight is 420 g/mol. The van der Waals surface area contributed by atoms with Crippen molar-refractivity contribution >= 4 is 45.0 Å². The number of amides is 3. The van der Waals surface area contributed by atoms with Crippen molar-refractivity contribution in [2.75, 3.05) is 11.4 Å². The summed E-state index contributed by atoms with van der Waals surface area (Å²) in [6.07, 6.45) is 1.53. The van der Waals surface area contributed by atoms with Crippen LogP contribution in [-0.4, -0.2) is 40.2 Å². The van der Waals surface area contributed by atoms with E-state index in [2.05, 4.69) is 17.6 Å². The second kappa shape index (κ2) is 7.84. The smallest absolute Gasteiger partial charge is 0.257 e. The van der Waals surface area contributed by atoms with Crippen LogP contribution in [0.4, 0.5) is 5.69 Å². The predicted molar refractivity (Wildman–Crippen MR) is 118 cm³/mol. The van der Waals surface area contributed by atoms with Crippen molar-refractivity contribution in [1.29, 1.82) is 0 Å². The molecule has 1 aromatic heterocycles. The number of nitrogens with zero attached hydrogens (tertiary/aromatic N) is 3. The number of carbonyl (C=O) groups is 3. The Labute approximate surface area is 178 Å². The first-order chi connectivity index (χ1) is 14.4. The molecule has 0 spiro atoms. The van der Waals surface area contributed by atoms with Gasteiger partial charge in [0.2, 0.25) is 11.8 Å². The molecule has 1 fully saturated rings. The molecule has 1 aliphatic heterocycles. The second-order valence-electron chi connectivity index (χ2n) is 7.28. The zero-order chi connectivity index (χ0) is 21.4. The molecule has 1 aliphatic rings. The molecular formula is C23H21N3O3S. The molecule has 0 radical (unpaired) electrons. The largest absolute Gasteiger partial charge is 0.327 e. The van der Waals surface area contributed by atoms with Crippen LogP contribution in [0.1, 0.15) is 18.9 Å². The number of anilines is 1. The number of hydrogen-bond donors (Lipinski definition) is 0. The molecule has 152 valence electrons. The molecule has 0 saturated carbocycles. The minimum Gasteiger partial charge on any atom is -0.327 e. The Morgan fingerprint density at radius 2 is 2.00 bits per heavy atom. The first-order valence-electron chi connectivity index (χ1n) is 9.61. The van der Waals surface area contributed by atoms with E-state index >= 15 is 0 Å². The highest BCUT2D eigenvalue weighted by molar-refractivity contribution is 7.21. The fourth-order valence-electron chi connectivity index (χ4n) is 3.65. The number of carbonyl (C=O) groups excluding carboxylic acids is 3. The van der Waals surface area contributed by atoms with Crippen LogP contribution in [-0.2, 0) is 14.4 Å². The number of fused-ring (bicyclic) bond motifs is 1. The lowest BCUT2D eigenvalue weighted by Crippen LogP contribution is -2.44. The number of benzene rings is 2.